The summed E-state index contributed by atoms with van der Waals surface area (Å²) in [6, 6.07) is 4.64. The van der Waals surface area contributed by atoms with Crippen molar-refractivity contribution >= 4 is 15.7 Å². The summed E-state index contributed by atoms with van der Waals surface area (Å²) in [6.07, 6.45) is 4.98. The van der Waals surface area contributed by atoms with E-state index in [-0.39, 0.29) is 10.4 Å². The molecule has 0 atom stereocenters. The molecule has 1 aliphatic rings. The highest BCUT2D eigenvalue weighted by molar-refractivity contribution is 7.89. The van der Waals surface area contributed by atoms with Gasteiger partial charge >= 0.3 is 0 Å². The van der Waals surface area contributed by atoms with Gasteiger partial charge in [0.05, 0.1) is 7.11 Å². The molecule has 1 fully saturated rings. The zero-order valence-corrected chi connectivity index (χ0v) is 12.8. The minimum atomic E-state index is -3.64. The van der Waals surface area contributed by atoms with Crippen molar-refractivity contribution in [3.05, 3.63) is 18.2 Å². The van der Waals surface area contributed by atoms with Gasteiger partial charge in [0.15, 0.2) is 0 Å². The van der Waals surface area contributed by atoms with Gasteiger partial charge in [-0.1, -0.05) is 19.3 Å². The van der Waals surface area contributed by atoms with Crippen molar-refractivity contribution in [2.24, 2.45) is 0 Å². The Morgan fingerprint density at radius 3 is 2.50 bits per heavy atom. The average Bonchev–Trinajstić information content (AvgIpc) is 2.38. The lowest BCUT2D eigenvalue weighted by Gasteiger charge is -2.34. The Morgan fingerprint density at radius 2 is 1.90 bits per heavy atom. The van der Waals surface area contributed by atoms with Crippen LogP contribution in [0, 0.1) is 0 Å². The zero-order valence-electron chi connectivity index (χ0n) is 12.0. The molecule has 0 heterocycles. The molecule has 0 unspecified atom stereocenters. The van der Waals surface area contributed by atoms with Crippen LogP contribution < -0.4 is 15.2 Å². The largest absolute Gasteiger partial charge is 0.495 e. The molecule has 1 aliphatic carbocycles. The van der Waals surface area contributed by atoms with E-state index in [1.807, 2.05) is 6.92 Å². The molecule has 1 saturated carbocycles. The fraction of sp³-hybridized carbons (Fsp3) is 0.571. The van der Waals surface area contributed by atoms with Gasteiger partial charge in [-0.2, -0.15) is 0 Å². The maximum Gasteiger partial charge on any atom is 0.244 e. The van der Waals surface area contributed by atoms with Crippen molar-refractivity contribution in [2.45, 2.75) is 49.5 Å². The molecule has 0 radical (unpaired) electrons. The second-order valence-corrected chi connectivity index (χ2v) is 7.29. The number of hydrogen-bond donors (Lipinski definition) is 2. The molecule has 0 aliphatic heterocycles. The number of nitrogens with two attached hydrogens (primary N) is 1. The Morgan fingerprint density at radius 1 is 1.25 bits per heavy atom. The Balaban J connectivity index is 2.32. The Bertz CT molecular complexity index is 578. The molecule has 112 valence electrons. The average molecular weight is 298 g/mol. The summed E-state index contributed by atoms with van der Waals surface area (Å²) in [5.74, 6) is 0.311. The van der Waals surface area contributed by atoms with Gasteiger partial charge in [-0.3, -0.25) is 0 Å². The van der Waals surface area contributed by atoms with E-state index in [0.717, 1.165) is 25.7 Å². The van der Waals surface area contributed by atoms with Gasteiger partial charge in [-0.15, -0.1) is 0 Å². The highest BCUT2D eigenvalue weighted by atomic mass is 32.2. The number of benzene rings is 1. The molecule has 0 bridgehead atoms. The van der Waals surface area contributed by atoms with Crippen LogP contribution in [0.2, 0.25) is 0 Å². The summed E-state index contributed by atoms with van der Waals surface area (Å²) < 4.78 is 33.1. The lowest BCUT2D eigenvalue weighted by atomic mass is 9.84. The number of nitrogens with one attached hydrogen (secondary N) is 1. The fourth-order valence-electron chi connectivity index (χ4n) is 2.72. The maximum atomic E-state index is 12.6. The predicted molar refractivity (Wildman–Crippen MR) is 79.2 cm³/mol. The maximum absolute atomic E-state index is 12.6. The molecule has 3 N–H and O–H groups in total. The van der Waals surface area contributed by atoms with E-state index in [9.17, 15) is 8.42 Å². The van der Waals surface area contributed by atoms with Gasteiger partial charge in [0.1, 0.15) is 10.6 Å². The van der Waals surface area contributed by atoms with Crippen LogP contribution in [-0.2, 0) is 10.0 Å². The van der Waals surface area contributed by atoms with Crippen LogP contribution in [0.1, 0.15) is 39.0 Å². The Kier molecular flexibility index (Phi) is 4.25. The Labute approximate surface area is 120 Å². The topological polar surface area (TPSA) is 81.4 Å². The first-order valence-corrected chi connectivity index (χ1v) is 8.32. The summed E-state index contributed by atoms with van der Waals surface area (Å²) in [6.45, 7) is 1.96. The lowest BCUT2D eigenvalue weighted by molar-refractivity contribution is 0.293. The number of anilines is 1. The number of sulfonamides is 1. The van der Waals surface area contributed by atoms with Gasteiger partial charge in [-0.05, 0) is 38.0 Å². The van der Waals surface area contributed by atoms with E-state index in [1.165, 1.54) is 19.6 Å². The smallest absolute Gasteiger partial charge is 0.244 e. The number of nitrogen functional groups attached to an aromatic ring is 1. The summed E-state index contributed by atoms with van der Waals surface area (Å²) in [5.41, 5.74) is 5.72. The standard InChI is InChI=1S/C14H22N2O3S/c1-14(8-4-3-5-9-14)16-20(17,18)13-10-11(15)6-7-12(13)19-2/h6-7,10,16H,3-5,8-9,15H2,1-2H3. The Hall–Kier alpha value is -1.27. The number of hydrogen-bond acceptors (Lipinski definition) is 4. The van der Waals surface area contributed by atoms with Crippen molar-refractivity contribution < 1.29 is 13.2 Å². The van der Waals surface area contributed by atoms with Gasteiger partial charge in [0.25, 0.3) is 0 Å². The van der Waals surface area contributed by atoms with Gasteiger partial charge in [-0.25, -0.2) is 13.1 Å². The third-order valence-electron chi connectivity index (χ3n) is 3.82. The van der Waals surface area contributed by atoms with Crippen LogP contribution in [0.3, 0.4) is 0 Å². The van der Waals surface area contributed by atoms with Crippen LogP contribution in [0.15, 0.2) is 23.1 Å². The molecule has 1 aromatic carbocycles. The summed E-state index contributed by atoms with van der Waals surface area (Å²) in [7, 11) is -2.19. The number of methoxy groups -OCH3 is 1. The first-order chi connectivity index (χ1) is 9.36. The summed E-state index contributed by atoms with van der Waals surface area (Å²) in [5, 5.41) is 0. The van der Waals surface area contributed by atoms with Crippen LogP contribution >= 0.6 is 0 Å². The molecule has 1 aromatic rings. The highest BCUT2D eigenvalue weighted by Gasteiger charge is 2.33. The minimum Gasteiger partial charge on any atom is -0.495 e. The van der Waals surface area contributed by atoms with Crippen molar-refractivity contribution in [3.63, 3.8) is 0 Å². The molecule has 5 nitrogen and oxygen atoms in total. The number of ether oxygens (including phenoxy) is 1. The van der Waals surface area contributed by atoms with E-state index in [1.54, 1.807) is 12.1 Å². The summed E-state index contributed by atoms with van der Waals surface area (Å²) in [4.78, 5) is 0.104. The van der Waals surface area contributed by atoms with Crippen LogP contribution in [-0.4, -0.2) is 21.1 Å². The third-order valence-corrected chi connectivity index (χ3v) is 5.47. The summed E-state index contributed by atoms with van der Waals surface area (Å²) >= 11 is 0. The van der Waals surface area contributed by atoms with E-state index < -0.39 is 10.0 Å². The van der Waals surface area contributed by atoms with Crippen molar-refractivity contribution in [2.75, 3.05) is 12.8 Å². The zero-order chi connectivity index (χ0) is 14.8. The molecular formula is C14H22N2O3S. The molecule has 0 saturated heterocycles. The predicted octanol–water partition coefficient (Wildman–Crippen LogP) is 2.28. The first-order valence-electron chi connectivity index (χ1n) is 6.84. The van der Waals surface area contributed by atoms with E-state index in [4.69, 9.17) is 10.5 Å². The molecule has 0 aromatic heterocycles. The van der Waals surface area contributed by atoms with Crippen molar-refractivity contribution in [1.82, 2.24) is 4.72 Å². The van der Waals surface area contributed by atoms with Crippen molar-refractivity contribution in [1.29, 1.82) is 0 Å². The highest BCUT2D eigenvalue weighted by Crippen LogP contribution is 2.32. The van der Waals surface area contributed by atoms with Gasteiger partial charge < -0.3 is 10.5 Å². The second kappa shape index (κ2) is 5.61. The molecule has 2 rings (SSSR count). The van der Waals surface area contributed by atoms with Gasteiger partial charge in [0, 0.05) is 11.2 Å². The molecule has 20 heavy (non-hydrogen) atoms. The van der Waals surface area contributed by atoms with Crippen LogP contribution in [0.4, 0.5) is 5.69 Å². The van der Waals surface area contributed by atoms with Crippen molar-refractivity contribution in [3.8, 4) is 5.75 Å². The molecule has 6 heteroatoms. The van der Waals surface area contributed by atoms with Crippen LogP contribution in [0.5, 0.6) is 5.75 Å². The molecule has 0 spiro atoms. The minimum absolute atomic E-state index is 0.104. The number of rotatable bonds is 4. The normalized spacial score (nSPS) is 18.7. The monoisotopic (exact) mass is 298 g/mol. The second-order valence-electron chi connectivity index (χ2n) is 5.64. The third kappa shape index (κ3) is 3.24. The molecular weight excluding hydrogens is 276 g/mol. The van der Waals surface area contributed by atoms with E-state index >= 15 is 0 Å². The van der Waals surface area contributed by atoms with E-state index in [2.05, 4.69) is 4.72 Å². The SMILES string of the molecule is COc1ccc(N)cc1S(=O)(=O)NC1(C)CCCCC1. The first kappa shape index (κ1) is 15.1. The van der Waals surface area contributed by atoms with Gasteiger partial charge in [0.2, 0.25) is 10.0 Å². The molecule has 0 amide bonds. The lowest BCUT2D eigenvalue weighted by Crippen LogP contribution is -2.47. The quantitative estimate of drug-likeness (QED) is 0.836. The van der Waals surface area contributed by atoms with E-state index in [0.29, 0.717) is 11.4 Å². The fourth-order valence-corrected chi connectivity index (χ4v) is 4.39. The van der Waals surface area contributed by atoms with Crippen LogP contribution in [0.25, 0.3) is 0 Å².